The zero-order valence-corrected chi connectivity index (χ0v) is 9.95. The normalized spacial score (nSPS) is 9.71. The second-order valence-electron chi connectivity index (χ2n) is 2.45. The second kappa shape index (κ2) is 5.26. The standard InChI is InChI=1S/C9H12O3S2/c1-10-7-4-6(14-13)5-8(11-2)9(7)12-3/h4-5,13H,1-3H3. The Kier molecular flexibility index (Phi) is 4.28. The minimum absolute atomic E-state index is 0.598. The van der Waals surface area contributed by atoms with Crippen LogP contribution in [0, 0.1) is 0 Å². The van der Waals surface area contributed by atoms with Crippen molar-refractivity contribution in [3.05, 3.63) is 12.1 Å². The molecule has 0 amide bonds. The van der Waals surface area contributed by atoms with Gasteiger partial charge in [0.2, 0.25) is 5.75 Å². The van der Waals surface area contributed by atoms with Crippen molar-refractivity contribution in [3.63, 3.8) is 0 Å². The summed E-state index contributed by atoms with van der Waals surface area (Å²) in [5, 5.41) is 0. The molecular weight excluding hydrogens is 220 g/mol. The van der Waals surface area contributed by atoms with Gasteiger partial charge in [0.15, 0.2) is 11.5 Å². The third kappa shape index (κ3) is 2.22. The molecule has 1 aromatic rings. The molecule has 1 aromatic carbocycles. The minimum Gasteiger partial charge on any atom is -0.493 e. The van der Waals surface area contributed by atoms with Crippen LogP contribution in [0.25, 0.3) is 0 Å². The Morgan fingerprint density at radius 1 is 1.00 bits per heavy atom. The summed E-state index contributed by atoms with van der Waals surface area (Å²) in [4.78, 5) is 0.947. The molecule has 0 aliphatic rings. The molecule has 3 nitrogen and oxygen atoms in total. The first-order valence-electron chi connectivity index (χ1n) is 3.88. The molecular formula is C9H12O3S2. The summed E-state index contributed by atoms with van der Waals surface area (Å²) in [5.74, 6) is 1.88. The van der Waals surface area contributed by atoms with Gasteiger partial charge in [0.05, 0.1) is 21.3 Å². The predicted molar refractivity (Wildman–Crippen MR) is 60.9 cm³/mol. The second-order valence-corrected chi connectivity index (χ2v) is 3.65. The Hall–Kier alpha value is -0.680. The van der Waals surface area contributed by atoms with Crippen molar-refractivity contribution < 1.29 is 14.2 Å². The van der Waals surface area contributed by atoms with E-state index in [-0.39, 0.29) is 0 Å². The molecule has 5 heteroatoms. The molecule has 0 fully saturated rings. The minimum atomic E-state index is 0.598. The van der Waals surface area contributed by atoms with E-state index in [0.29, 0.717) is 17.2 Å². The van der Waals surface area contributed by atoms with E-state index < -0.39 is 0 Å². The highest BCUT2D eigenvalue weighted by Crippen LogP contribution is 2.41. The zero-order chi connectivity index (χ0) is 10.6. The third-order valence-electron chi connectivity index (χ3n) is 1.74. The molecule has 0 aromatic heterocycles. The highest BCUT2D eigenvalue weighted by atomic mass is 33.1. The predicted octanol–water partition coefficient (Wildman–Crippen LogP) is 2.65. The van der Waals surface area contributed by atoms with Gasteiger partial charge in [0.1, 0.15) is 0 Å². The molecule has 0 bridgehead atoms. The summed E-state index contributed by atoms with van der Waals surface area (Å²) in [6, 6.07) is 3.69. The van der Waals surface area contributed by atoms with E-state index >= 15 is 0 Å². The van der Waals surface area contributed by atoms with Crippen molar-refractivity contribution in [2.24, 2.45) is 0 Å². The Morgan fingerprint density at radius 3 is 1.79 bits per heavy atom. The molecule has 0 aliphatic heterocycles. The quantitative estimate of drug-likeness (QED) is 0.638. The lowest BCUT2D eigenvalue weighted by Gasteiger charge is -2.12. The van der Waals surface area contributed by atoms with Crippen LogP contribution in [0.1, 0.15) is 0 Å². The lowest BCUT2D eigenvalue weighted by molar-refractivity contribution is 0.323. The van der Waals surface area contributed by atoms with E-state index in [4.69, 9.17) is 14.2 Å². The summed E-state index contributed by atoms with van der Waals surface area (Å²) >= 11 is 4.11. The van der Waals surface area contributed by atoms with Crippen LogP contribution in [0.3, 0.4) is 0 Å². The first-order chi connectivity index (χ1) is 6.76. The lowest BCUT2D eigenvalue weighted by Crippen LogP contribution is -1.94. The lowest BCUT2D eigenvalue weighted by atomic mass is 10.3. The smallest absolute Gasteiger partial charge is 0.203 e. The number of benzene rings is 1. The molecule has 0 saturated heterocycles. The van der Waals surface area contributed by atoms with Crippen LogP contribution in [-0.2, 0) is 0 Å². The maximum absolute atomic E-state index is 5.17. The Morgan fingerprint density at radius 2 is 1.50 bits per heavy atom. The van der Waals surface area contributed by atoms with Gasteiger partial charge in [-0.2, -0.15) is 0 Å². The molecule has 0 N–H and O–H groups in total. The van der Waals surface area contributed by atoms with Crippen molar-refractivity contribution in [2.75, 3.05) is 21.3 Å². The van der Waals surface area contributed by atoms with Crippen molar-refractivity contribution >= 4 is 22.5 Å². The van der Waals surface area contributed by atoms with Crippen LogP contribution >= 0.6 is 22.5 Å². The maximum Gasteiger partial charge on any atom is 0.203 e. The largest absolute Gasteiger partial charge is 0.493 e. The van der Waals surface area contributed by atoms with Crippen LogP contribution in [0.4, 0.5) is 0 Å². The van der Waals surface area contributed by atoms with E-state index in [2.05, 4.69) is 11.7 Å². The van der Waals surface area contributed by atoms with Gasteiger partial charge in [0, 0.05) is 4.90 Å². The van der Waals surface area contributed by atoms with Crippen LogP contribution in [-0.4, -0.2) is 21.3 Å². The van der Waals surface area contributed by atoms with E-state index in [1.807, 2.05) is 12.1 Å². The van der Waals surface area contributed by atoms with Crippen LogP contribution in [0.2, 0.25) is 0 Å². The van der Waals surface area contributed by atoms with Crippen molar-refractivity contribution in [1.82, 2.24) is 0 Å². The first kappa shape index (κ1) is 11.4. The van der Waals surface area contributed by atoms with Crippen LogP contribution < -0.4 is 14.2 Å². The summed E-state index contributed by atoms with van der Waals surface area (Å²) in [6.07, 6.45) is 0. The molecule has 0 unspecified atom stereocenters. The van der Waals surface area contributed by atoms with Crippen molar-refractivity contribution in [2.45, 2.75) is 4.90 Å². The van der Waals surface area contributed by atoms with Crippen LogP contribution in [0.15, 0.2) is 17.0 Å². The molecule has 78 valence electrons. The highest BCUT2D eigenvalue weighted by molar-refractivity contribution is 8.68. The van der Waals surface area contributed by atoms with Gasteiger partial charge in [-0.05, 0) is 12.1 Å². The van der Waals surface area contributed by atoms with Gasteiger partial charge < -0.3 is 14.2 Å². The molecule has 0 atom stereocenters. The summed E-state index contributed by atoms with van der Waals surface area (Å²) in [6.45, 7) is 0. The number of ether oxygens (including phenoxy) is 3. The number of methoxy groups -OCH3 is 3. The van der Waals surface area contributed by atoms with E-state index in [9.17, 15) is 0 Å². The Balaban J connectivity index is 3.24. The molecule has 0 saturated carbocycles. The fourth-order valence-corrected chi connectivity index (χ4v) is 1.75. The number of hydrogen-bond acceptors (Lipinski definition) is 5. The zero-order valence-electron chi connectivity index (χ0n) is 8.23. The average Bonchev–Trinajstić information content (AvgIpc) is 2.26. The van der Waals surface area contributed by atoms with E-state index in [0.717, 1.165) is 4.90 Å². The van der Waals surface area contributed by atoms with Gasteiger partial charge in [0.25, 0.3) is 0 Å². The highest BCUT2D eigenvalue weighted by Gasteiger charge is 2.12. The molecule has 0 heterocycles. The van der Waals surface area contributed by atoms with Crippen LogP contribution in [0.5, 0.6) is 17.2 Å². The van der Waals surface area contributed by atoms with Crippen molar-refractivity contribution in [1.29, 1.82) is 0 Å². The SMILES string of the molecule is COc1cc(SS)cc(OC)c1OC. The first-order valence-corrected chi connectivity index (χ1v) is 5.75. The summed E-state index contributed by atoms with van der Waals surface area (Å²) < 4.78 is 15.5. The van der Waals surface area contributed by atoms with Gasteiger partial charge in [-0.3, -0.25) is 0 Å². The number of rotatable bonds is 4. The molecule has 14 heavy (non-hydrogen) atoms. The van der Waals surface area contributed by atoms with E-state index in [1.54, 1.807) is 21.3 Å². The van der Waals surface area contributed by atoms with Gasteiger partial charge >= 0.3 is 0 Å². The molecule has 0 radical (unpaired) electrons. The number of thiol groups is 1. The Bertz CT molecular complexity index is 290. The van der Waals surface area contributed by atoms with E-state index in [1.165, 1.54) is 10.8 Å². The molecule has 0 aliphatic carbocycles. The fraction of sp³-hybridized carbons (Fsp3) is 0.333. The van der Waals surface area contributed by atoms with Crippen molar-refractivity contribution in [3.8, 4) is 17.2 Å². The fourth-order valence-electron chi connectivity index (χ4n) is 1.11. The molecule has 1 rings (SSSR count). The molecule has 0 spiro atoms. The van der Waals surface area contributed by atoms with Gasteiger partial charge in [-0.1, -0.05) is 10.8 Å². The van der Waals surface area contributed by atoms with Gasteiger partial charge in [-0.15, -0.1) is 11.7 Å². The van der Waals surface area contributed by atoms with Gasteiger partial charge in [-0.25, -0.2) is 0 Å². The topological polar surface area (TPSA) is 27.7 Å². The Labute approximate surface area is 92.5 Å². The monoisotopic (exact) mass is 232 g/mol. The average molecular weight is 232 g/mol. The summed E-state index contributed by atoms with van der Waals surface area (Å²) in [5.41, 5.74) is 0. The summed E-state index contributed by atoms with van der Waals surface area (Å²) in [7, 11) is 6.08. The maximum atomic E-state index is 5.17. The third-order valence-corrected chi connectivity index (χ3v) is 2.82. The number of hydrogen-bond donors (Lipinski definition) is 1.